The van der Waals surface area contributed by atoms with Gasteiger partial charge in [-0.05, 0) is 12.3 Å². The molecule has 6 nitrogen and oxygen atoms in total. The van der Waals surface area contributed by atoms with E-state index in [9.17, 15) is 0 Å². The van der Waals surface area contributed by atoms with Gasteiger partial charge < -0.3 is 15.6 Å². The Morgan fingerprint density at radius 2 is 2.29 bits per heavy atom. The highest BCUT2D eigenvalue weighted by Gasteiger charge is 1.99. The van der Waals surface area contributed by atoms with Gasteiger partial charge in [0.25, 0.3) is 0 Å². The summed E-state index contributed by atoms with van der Waals surface area (Å²) in [5.74, 6) is 1.93. The molecule has 0 saturated carbocycles. The van der Waals surface area contributed by atoms with Gasteiger partial charge in [-0.2, -0.15) is 0 Å². The molecule has 17 heavy (non-hydrogen) atoms. The van der Waals surface area contributed by atoms with E-state index in [1.165, 1.54) is 0 Å². The van der Waals surface area contributed by atoms with Gasteiger partial charge in [-0.1, -0.05) is 13.8 Å². The third-order valence-electron chi connectivity index (χ3n) is 2.22. The summed E-state index contributed by atoms with van der Waals surface area (Å²) in [7, 11) is 1.88. The molecule has 0 fully saturated rings. The Labute approximate surface area is 119 Å². The molecule has 0 atom stereocenters. The van der Waals surface area contributed by atoms with E-state index in [-0.39, 0.29) is 24.0 Å². The fourth-order valence-electron chi connectivity index (χ4n) is 1.15. The monoisotopic (exact) mass is 352 g/mol. The molecule has 0 aromatic carbocycles. The second kappa shape index (κ2) is 8.26. The fraction of sp³-hybridized carbons (Fsp3) is 0.700. The van der Waals surface area contributed by atoms with Crippen LogP contribution in [0.25, 0.3) is 0 Å². The van der Waals surface area contributed by atoms with Gasteiger partial charge in [-0.15, -0.1) is 34.2 Å². The van der Waals surface area contributed by atoms with Gasteiger partial charge >= 0.3 is 0 Å². The molecule has 0 unspecified atom stereocenters. The zero-order chi connectivity index (χ0) is 12.0. The van der Waals surface area contributed by atoms with Crippen molar-refractivity contribution in [2.45, 2.75) is 26.8 Å². The van der Waals surface area contributed by atoms with E-state index >= 15 is 0 Å². The average molecular weight is 352 g/mol. The maximum absolute atomic E-state index is 5.71. The first-order valence-corrected chi connectivity index (χ1v) is 5.46. The molecule has 0 aliphatic rings. The minimum absolute atomic E-state index is 0. The topological polar surface area (TPSA) is 81.1 Å². The highest BCUT2D eigenvalue weighted by Crippen LogP contribution is 1.96. The minimum Gasteiger partial charge on any atom is -0.370 e. The lowest BCUT2D eigenvalue weighted by molar-refractivity contribution is 0.576. The van der Waals surface area contributed by atoms with Crippen molar-refractivity contribution >= 4 is 29.9 Å². The largest absolute Gasteiger partial charge is 0.370 e. The van der Waals surface area contributed by atoms with E-state index in [0.29, 0.717) is 18.4 Å². The summed E-state index contributed by atoms with van der Waals surface area (Å²) in [6.45, 7) is 5.66. The van der Waals surface area contributed by atoms with Gasteiger partial charge in [0.1, 0.15) is 12.9 Å². The maximum atomic E-state index is 5.71. The van der Waals surface area contributed by atoms with Crippen molar-refractivity contribution in [1.29, 1.82) is 0 Å². The van der Waals surface area contributed by atoms with Gasteiger partial charge in [0.2, 0.25) is 0 Å². The quantitative estimate of drug-likeness (QED) is 0.468. The summed E-state index contributed by atoms with van der Waals surface area (Å²) in [5, 5.41) is 10.8. The lowest BCUT2D eigenvalue weighted by atomic mass is 10.1. The first-order chi connectivity index (χ1) is 7.59. The van der Waals surface area contributed by atoms with E-state index in [1.807, 2.05) is 11.6 Å². The SMILES string of the molecule is CC(C)CCNC(N)=NCc1nncn1C.I. The number of aromatic nitrogens is 3. The first kappa shape index (κ1) is 16.1. The van der Waals surface area contributed by atoms with Crippen LogP contribution < -0.4 is 11.1 Å². The number of nitrogens with two attached hydrogens (primary N) is 1. The molecule has 0 aliphatic carbocycles. The molecular weight excluding hydrogens is 331 g/mol. The minimum atomic E-state index is 0. The Hall–Kier alpha value is -0.860. The van der Waals surface area contributed by atoms with Crippen LogP contribution in [0.1, 0.15) is 26.1 Å². The third-order valence-corrected chi connectivity index (χ3v) is 2.22. The number of halogens is 1. The lowest BCUT2D eigenvalue weighted by Crippen LogP contribution is -2.33. The molecule has 0 amide bonds. The standard InChI is InChI=1S/C10H20N6.HI/c1-8(2)4-5-12-10(11)13-6-9-15-14-7-16(9)3;/h7-8H,4-6H2,1-3H3,(H3,11,12,13);1H. The summed E-state index contributed by atoms with van der Waals surface area (Å²) < 4.78 is 1.82. The smallest absolute Gasteiger partial charge is 0.189 e. The van der Waals surface area contributed by atoms with Crippen LogP contribution in [0, 0.1) is 5.92 Å². The van der Waals surface area contributed by atoms with Gasteiger partial charge in [-0.3, -0.25) is 0 Å². The van der Waals surface area contributed by atoms with Gasteiger partial charge in [0.15, 0.2) is 11.8 Å². The maximum Gasteiger partial charge on any atom is 0.189 e. The number of rotatable bonds is 5. The Morgan fingerprint density at radius 1 is 1.59 bits per heavy atom. The number of aliphatic imine (C=N–C) groups is 1. The molecule has 0 radical (unpaired) electrons. The summed E-state index contributed by atoms with van der Waals surface area (Å²) in [4.78, 5) is 4.18. The molecule has 0 bridgehead atoms. The van der Waals surface area contributed by atoms with E-state index in [1.54, 1.807) is 6.33 Å². The van der Waals surface area contributed by atoms with E-state index in [4.69, 9.17) is 5.73 Å². The van der Waals surface area contributed by atoms with Crippen molar-refractivity contribution in [2.75, 3.05) is 6.54 Å². The molecule has 7 heteroatoms. The molecule has 0 saturated heterocycles. The number of aryl methyl sites for hydroxylation is 1. The molecule has 98 valence electrons. The van der Waals surface area contributed by atoms with Gasteiger partial charge in [0, 0.05) is 13.6 Å². The average Bonchev–Trinajstić information content (AvgIpc) is 2.60. The van der Waals surface area contributed by atoms with E-state index in [0.717, 1.165) is 18.8 Å². The summed E-state index contributed by atoms with van der Waals surface area (Å²) >= 11 is 0. The Bertz CT molecular complexity index is 346. The van der Waals surface area contributed by atoms with Crippen LogP contribution >= 0.6 is 24.0 Å². The number of guanidine groups is 1. The molecular formula is C10H21IN6. The first-order valence-electron chi connectivity index (χ1n) is 5.46. The normalized spacial score (nSPS) is 11.4. The molecule has 0 aliphatic heterocycles. The Kier molecular flexibility index (Phi) is 7.85. The summed E-state index contributed by atoms with van der Waals surface area (Å²) in [5.41, 5.74) is 5.71. The zero-order valence-electron chi connectivity index (χ0n) is 10.6. The van der Waals surface area contributed by atoms with E-state index in [2.05, 4.69) is 34.4 Å². The van der Waals surface area contributed by atoms with Gasteiger partial charge in [-0.25, -0.2) is 4.99 Å². The van der Waals surface area contributed by atoms with Crippen LogP contribution in [0.4, 0.5) is 0 Å². The number of hydrogen-bond acceptors (Lipinski definition) is 3. The second-order valence-electron chi connectivity index (χ2n) is 4.17. The molecule has 1 aromatic rings. The van der Waals surface area contributed by atoms with Gasteiger partial charge in [0.05, 0.1) is 0 Å². The predicted octanol–water partition coefficient (Wildman–Crippen LogP) is 0.883. The Balaban J connectivity index is 0.00000256. The molecule has 1 heterocycles. The molecule has 3 N–H and O–H groups in total. The summed E-state index contributed by atoms with van der Waals surface area (Å²) in [6, 6.07) is 0. The van der Waals surface area contributed by atoms with Crippen LogP contribution in [0.5, 0.6) is 0 Å². The van der Waals surface area contributed by atoms with Crippen molar-refractivity contribution in [3.8, 4) is 0 Å². The second-order valence-corrected chi connectivity index (χ2v) is 4.17. The fourth-order valence-corrected chi connectivity index (χ4v) is 1.15. The summed E-state index contributed by atoms with van der Waals surface area (Å²) in [6.07, 6.45) is 2.73. The molecule has 0 spiro atoms. The van der Waals surface area contributed by atoms with Crippen molar-refractivity contribution in [1.82, 2.24) is 20.1 Å². The van der Waals surface area contributed by atoms with Crippen LogP contribution in [0.3, 0.4) is 0 Å². The Morgan fingerprint density at radius 3 is 2.82 bits per heavy atom. The van der Waals surface area contributed by atoms with Crippen LogP contribution in [0.2, 0.25) is 0 Å². The van der Waals surface area contributed by atoms with Crippen molar-refractivity contribution < 1.29 is 0 Å². The lowest BCUT2D eigenvalue weighted by Gasteiger charge is -2.07. The van der Waals surface area contributed by atoms with Crippen LogP contribution in [-0.2, 0) is 13.6 Å². The van der Waals surface area contributed by atoms with Crippen LogP contribution in [0.15, 0.2) is 11.3 Å². The molecule has 1 rings (SSSR count). The van der Waals surface area contributed by atoms with E-state index < -0.39 is 0 Å². The number of nitrogens with one attached hydrogen (secondary N) is 1. The zero-order valence-corrected chi connectivity index (χ0v) is 12.9. The number of nitrogens with zero attached hydrogens (tertiary/aromatic N) is 4. The van der Waals surface area contributed by atoms with Crippen molar-refractivity contribution in [2.24, 2.45) is 23.7 Å². The highest BCUT2D eigenvalue weighted by atomic mass is 127. The number of hydrogen-bond donors (Lipinski definition) is 2. The van der Waals surface area contributed by atoms with Crippen molar-refractivity contribution in [3.63, 3.8) is 0 Å². The van der Waals surface area contributed by atoms with Crippen molar-refractivity contribution in [3.05, 3.63) is 12.2 Å². The van der Waals surface area contributed by atoms with Crippen LogP contribution in [-0.4, -0.2) is 27.3 Å². The highest BCUT2D eigenvalue weighted by molar-refractivity contribution is 14.0. The molecule has 1 aromatic heterocycles. The predicted molar refractivity (Wildman–Crippen MR) is 79.2 cm³/mol. The third kappa shape index (κ3) is 6.44.